The normalized spacial score (nSPS) is 15.3. The highest BCUT2D eigenvalue weighted by atomic mass is 35.5. The predicted octanol–water partition coefficient (Wildman–Crippen LogP) is 4.10. The van der Waals surface area contributed by atoms with E-state index in [2.05, 4.69) is 15.6 Å². The second kappa shape index (κ2) is 8.91. The van der Waals surface area contributed by atoms with Gasteiger partial charge >= 0.3 is 6.09 Å². The van der Waals surface area contributed by atoms with Crippen LogP contribution in [0.4, 0.5) is 10.5 Å². The summed E-state index contributed by atoms with van der Waals surface area (Å²) in [5.41, 5.74) is 4.05. The molecular weight excluding hydrogens is 442 g/mol. The predicted molar refractivity (Wildman–Crippen MR) is 124 cm³/mol. The first kappa shape index (κ1) is 21.0. The molecule has 1 unspecified atom stereocenters. The van der Waals surface area contributed by atoms with Gasteiger partial charge in [0.2, 0.25) is 5.91 Å². The number of amides is 2. The van der Waals surface area contributed by atoms with Crippen molar-refractivity contribution in [2.24, 2.45) is 0 Å². The largest absolute Gasteiger partial charge is 0.447 e. The van der Waals surface area contributed by atoms with Crippen molar-refractivity contribution in [3.8, 4) is 0 Å². The third-order valence-corrected chi connectivity index (χ3v) is 5.75. The Balaban J connectivity index is 1.43. The number of carbonyl (C=O) groups excluding carboxylic acids is 2. The molecule has 0 radical (unpaired) electrons. The first-order valence-electron chi connectivity index (χ1n) is 10.4. The monoisotopic (exact) mass is 461 g/mol. The minimum absolute atomic E-state index is 0.0371. The second-order valence-corrected chi connectivity index (χ2v) is 8.17. The van der Waals surface area contributed by atoms with Crippen LogP contribution < -0.4 is 10.2 Å². The number of carbonyl (C=O) groups is 2. The summed E-state index contributed by atoms with van der Waals surface area (Å²) in [5.74, 6) is -0.143. The van der Waals surface area contributed by atoms with E-state index < -0.39 is 6.09 Å². The molecule has 5 rings (SSSR count). The lowest BCUT2D eigenvalue weighted by molar-refractivity contribution is -0.119. The molecule has 1 N–H and O–H groups in total. The highest BCUT2D eigenvalue weighted by Gasteiger charge is 2.24. The summed E-state index contributed by atoms with van der Waals surface area (Å²) in [6.07, 6.45) is -0.429. The Kier molecular flexibility index (Phi) is 5.66. The molecule has 1 atom stereocenters. The molecule has 0 aliphatic carbocycles. The first-order valence-corrected chi connectivity index (χ1v) is 10.8. The lowest BCUT2D eigenvalue weighted by atomic mass is 10.1. The number of nitrogens with one attached hydrogen (secondary N) is 1. The van der Waals surface area contributed by atoms with Crippen LogP contribution >= 0.6 is 11.6 Å². The number of anilines is 1. The second-order valence-electron chi connectivity index (χ2n) is 7.73. The molecular formula is C24H20ClN5O3. The quantitative estimate of drug-likeness (QED) is 0.467. The van der Waals surface area contributed by atoms with E-state index in [-0.39, 0.29) is 25.1 Å². The van der Waals surface area contributed by atoms with Gasteiger partial charge in [-0.3, -0.25) is 4.79 Å². The van der Waals surface area contributed by atoms with E-state index in [1.807, 2.05) is 66.7 Å². The maximum Gasteiger partial charge on any atom is 0.407 e. The van der Waals surface area contributed by atoms with Crippen molar-refractivity contribution in [3.05, 3.63) is 88.9 Å². The summed E-state index contributed by atoms with van der Waals surface area (Å²) in [6.45, 7) is 0.659. The van der Waals surface area contributed by atoms with E-state index in [0.717, 1.165) is 27.8 Å². The lowest BCUT2D eigenvalue weighted by Crippen LogP contribution is -2.33. The molecule has 1 aliphatic heterocycles. The van der Waals surface area contributed by atoms with E-state index in [4.69, 9.17) is 16.3 Å². The Morgan fingerprint density at radius 3 is 2.70 bits per heavy atom. The van der Waals surface area contributed by atoms with E-state index in [1.165, 1.54) is 0 Å². The van der Waals surface area contributed by atoms with Crippen LogP contribution in [0.3, 0.4) is 0 Å². The van der Waals surface area contributed by atoms with E-state index in [0.29, 0.717) is 11.6 Å². The molecule has 1 saturated heterocycles. The fraction of sp³-hybridized carbons (Fsp3) is 0.167. The zero-order valence-electron chi connectivity index (χ0n) is 17.5. The molecule has 0 bridgehead atoms. The molecule has 33 heavy (non-hydrogen) atoms. The molecule has 2 heterocycles. The van der Waals surface area contributed by atoms with Crippen molar-refractivity contribution in [3.63, 3.8) is 0 Å². The SMILES string of the molecule is O=C1NC(c2ccc(N(Cc3cccc(Cl)c3)C(=O)Cn3nnc4ccccc43)cc2)CO1. The number of alkyl carbamates (subject to hydrolysis) is 1. The summed E-state index contributed by atoms with van der Waals surface area (Å²) in [6, 6.07) is 22.2. The zero-order chi connectivity index (χ0) is 22.8. The fourth-order valence-corrected chi connectivity index (χ4v) is 4.05. The van der Waals surface area contributed by atoms with Crippen molar-refractivity contribution >= 4 is 40.3 Å². The van der Waals surface area contributed by atoms with Gasteiger partial charge in [-0.2, -0.15) is 0 Å². The summed E-state index contributed by atoms with van der Waals surface area (Å²) >= 11 is 6.17. The van der Waals surface area contributed by atoms with E-state index >= 15 is 0 Å². The van der Waals surface area contributed by atoms with Gasteiger partial charge in [0.25, 0.3) is 0 Å². The number of hydrogen-bond acceptors (Lipinski definition) is 5. The summed E-state index contributed by atoms with van der Waals surface area (Å²) in [7, 11) is 0. The number of nitrogens with zero attached hydrogens (tertiary/aromatic N) is 4. The van der Waals surface area contributed by atoms with Crippen molar-refractivity contribution in [2.45, 2.75) is 19.1 Å². The Morgan fingerprint density at radius 2 is 1.94 bits per heavy atom. The maximum absolute atomic E-state index is 13.5. The van der Waals surface area contributed by atoms with Gasteiger partial charge in [0.05, 0.1) is 18.1 Å². The van der Waals surface area contributed by atoms with Crippen molar-refractivity contribution < 1.29 is 14.3 Å². The molecule has 1 aliphatic rings. The van der Waals surface area contributed by atoms with Gasteiger partial charge in [-0.05, 0) is 47.5 Å². The number of aromatic nitrogens is 3. The molecule has 9 heteroatoms. The molecule has 8 nitrogen and oxygen atoms in total. The molecule has 0 spiro atoms. The van der Waals surface area contributed by atoms with Crippen molar-refractivity contribution in [1.82, 2.24) is 20.3 Å². The van der Waals surface area contributed by atoms with Crippen LogP contribution in [0.5, 0.6) is 0 Å². The first-order chi connectivity index (χ1) is 16.1. The summed E-state index contributed by atoms with van der Waals surface area (Å²) in [5, 5.41) is 11.7. The number of fused-ring (bicyclic) bond motifs is 1. The Morgan fingerprint density at radius 1 is 1.12 bits per heavy atom. The minimum atomic E-state index is -0.429. The number of ether oxygens (including phenoxy) is 1. The van der Waals surface area contributed by atoms with Crippen LogP contribution in [-0.4, -0.2) is 33.6 Å². The van der Waals surface area contributed by atoms with Crippen molar-refractivity contribution in [1.29, 1.82) is 0 Å². The number of rotatable bonds is 6. The lowest BCUT2D eigenvalue weighted by Gasteiger charge is -2.24. The van der Waals surface area contributed by atoms with Gasteiger partial charge in [-0.15, -0.1) is 5.10 Å². The molecule has 1 fully saturated rings. The van der Waals surface area contributed by atoms with Gasteiger partial charge in [-0.25, -0.2) is 9.48 Å². The van der Waals surface area contributed by atoms with Crippen LogP contribution in [0.1, 0.15) is 17.2 Å². The highest BCUT2D eigenvalue weighted by Crippen LogP contribution is 2.25. The standard InChI is InChI=1S/C24H20ClN5O3/c25-18-5-3-4-16(12-18)13-29(19-10-8-17(9-11-19)21-15-33-24(32)26-21)23(31)14-30-22-7-2-1-6-20(22)27-28-30/h1-12,21H,13-15H2,(H,26,32). The van der Waals surface area contributed by atoms with Crippen LogP contribution in [0.2, 0.25) is 5.02 Å². The zero-order valence-corrected chi connectivity index (χ0v) is 18.3. The third kappa shape index (κ3) is 4.51. The van der Waals surface area contributed by atoms with Crippen LogP contribution in [0.15, 0.2) is 72.8 Å². The summed E-state index contributed by atoms with van der Waals surface area (Å²) < 4.78 is 6.58. The Hall–Kier alpha value is -3.91. The van der Waals surface area contributed by atoms with E-state index in [1.54, 1.807) is 15.6 Å². The van der Waals surface area contributed by atoms with Crippen LogP contribution in [0.25, 0.3) is 11.0 Å². The van der Waals surface area contributed by atoms with Crippen LogP contribution in [0, 0.1) is 0 Å². The number of hydrogen-bond donors (Lipinski definition) is 1. The average Bonchev–Trinajstić information content (AvgIpc) is 3.44. The van der Waals surface area contributed by atoms with E-state index in [9.17, 15) is 9.59 Å². The van der Waals surface area contributed by atoms with Crippen LogP contribution in [-0.2, 0) is 22.6 Å². The number of benzene rings is 3. The number of para-hydroxylation sites is 1. The van der Waals surface area contributed by atoms with Gasteiger partial charge in [0.15, 0.2) is 0 Å². The third-order valence-electron chi connectivity index (χ3n) is 5.52. The molecule has 4 aromatic rings. The summed E-state index contributed by atoms with van der Waals surface area (Å²) in [4.78, 5) is 26.5. The molecule has 166 valence electrons. The molecule has 3 aromatic carbocycles. The number of cyclic esters (lactones) is 1. The van der Waals surface area contributed by atoms with Gasteiger partial charge < -0.3 is 15.0 Å². The average molecular weight is 462 g/mol. The van der Waals surface area contributed by atoms with Gasteiger partial charge in [0, 0.05) is 10.7 Å². The van der Waals surface area contributed by atoms with Crippen molar-refractivity contribution in [2.75, 3.05) is 11.5 Å². The molecule has 2 amide bonds. The minimum Gasteiger partial charge on any atom is -0.447 e. The Labute approximate surface area is 194 Å². The van der Waals surface area contributed by atoms with Gasteiger partial charge in [-0.1, -0.05) is 53.2 Å². The fourth-order valence-electron chi connectivity index (χ4n) is 3.84. The topological polar surface area (TPSA) is 89.4 Å². The van der Waals surface area contributed by atoms with Gasteiger partial charge in [0.1, 0.15) is 18.7 Å². The smallest absolute Gasteiger partial charge is 0.407 e. The maximum atomic E-state index is 13.5. The highest BCUT2D eigenvalue weighted by molar-refractivity contribution is 6.30. The number of halogens is 1. The molecule has 1 aromatic heterocycles. The molecule has 0 saturated carbocycles. The Bertz CT molecular complexity index is 1320.